The Hall–Kier alpha value is -0.810. The van der Waals surface area contributed by atoms with Crippen molar-refractivity contribution >= 4 is 6.03 Å². The molecule has 2 amide bonds. The third-order valence-electron chi connectivity index (χ3n) is 3.86. The van der Waals surface area contributed by atoms with Crippen LogP contribution < -0.4 is 10.6 Å². The van der Waals surface area contributed by atoms with Crippen molar-refractivity contribution in [3.05, 3.63) is 0 Å². The lowest BCUT2D eigenvalue weighted by Gasteiger charge is -2.35. The number of morpholine rings is 1. The van der Waals surface area contributed by atoms with E-state index in [1.807, 2.05) is 0 Å². The zero-order valence-corrected chi connectivity index (χ0v) is 10.2. The first kappa shape index (κ1) is 11.3. The van der Waals surface area contributed by atoms with Crippen molar-refractivity contribution in [3.8, 4) is 0 Å². The van der Waals surface area contributed by atoms with Crippen molar-refractivity contribution in [3.63, 3.8) is 0 Å². The van der Waals surface area contributed by atoms with Crippen molar-refractivity contribution in [1.82, 2.24) is 15.5 Å². The number of hydrogen-bond donors (Lipinski definition) is 2. The third-order valence-corrected chi connectivity index (χ3v) is 3.86. The summed E-state index contributed by atoms with van der Waals surface area (Å²) >= 11 is 0. The van der Waals surface area contributed by atoms with Gasteiger partial charge < -0.3 is 15.4 Å². The fourth-order valence-corrected chi connectivity index (χ4v) is 2.68. The fraction of sp³-hybridized carbons (Fsp3) is 0.917. The molecule has 2 unspecified atom stereocenters. The van der Waals surface area contributed by atoms with Crippen LogP contribution in [0.3, 0.4) is 0 Å². The molecule has 1 saturated carbocycles. The minimum atomic E-state index is -0.0420. The molecule has 5 nitrogen and oxygen atoms in total. The Morgan fingerprint density at radius 2 is 2.24 bits per heavy atom. The summed E-state index contributed by atoms with van der Waals surface area (Å²) in [6.07, 6.45) is 4.97. The molecule has 96 valence electrons. The van der Waals surface area contributed by atoms with Gasteiger partial charge in [-0.3, -0.25) is 4.90 Å². The van der Waals surface area contributed by atoms with E-state index in [0.717, 1.165) is 26.0 Å². The molecule has 2 atom stereocenters. The predicted octanol–water partition coefficient (Wildman–Crippen LogP) is 0.311. The Morgan fingerprint density at radius 3 is 3.06 bits per heavy atom. The average Bonchev–Trinajstić information content (AvgIpc) is 3.01. The summed E-state index contributed by atoms with van der Waals surface area (Å²) in [5.74, 6) is 0. The van der Waals surface area contributed by atoms with E-state index < -0.39 is 0 Å². The first-order valence-electron chi connectivity index (χ1n) is 6.71. The van der Waals surface area contributed by atoms with Crippen LogP contribution in [0.15, 0.2) is 0 Å². The topological polar surface area (TPSA) is 53.6 Å². The summed E-state index contributed by atoms with van der Waals surface area (Å²) in [7, 11) is 0. The quantitative estimate of drug-likeness (QED) is 0.745. The number of hydrogen-bond acceptors (Lipinski definition) is 3. The van der Waals surface area contributed by atoms with Crippen molar-refractivity contribution in [2.45, 2.75) is 43.9 Å². The average molecular weight is 239 g/mol. The van der Waals surface area contributed by atoms with Crippen LogP contribution in [0, 0.1) is 0 Å². The summed E-state index contributed by atoms with van der Waals surface area (Å²) in [5.41, 5.74) is 0. The molecule has 0 spiro atoms. The van der Waals surface area contributed by atoms with E-state index in [0.29, 0.717) is 18.6 Å². The number of rotatable bonds is 3. The molecule has 5 heteroatoms. The molecular weight excluding hydrogens is 218 g/mol. The maximum atomic E-state index is 11.5. The number of ether oxygens (including phenoxy) is 1. The molecule has 0 aromatic heterocycles. The summed E-state index contributed by atoms with van der Waals surface area (Å²) in [4.78, 5) is 14.0. The fourth-order valence-electron chi connectivity index (χ4n) is 2.68. The van der Waals surface area contributed by atoms with Gasteiger partial charge >= 0.3 is 6.03 Å². The molecule has 0 aromatic carbocycles. The molecule has 0 bridgehead atoms. The predicted molar refractivity (Wildman–Crippen MR) is 63.9 cm³/mol. The molecule has 2 saturated heterocycles. The van der Waals surface area contributed by atoms with Gasteiger partial charge in [0, 0.05) is 25.2 Å². The van der Waals surface area contributed by atoms with E-state index in [4.69, 9.17) is 4.74 Å². The van der Waals surface area contributed by atoms with Crippen molar-refractivity contribution < 1.29 is 9.53 Å². The van der Waals surface area contributed by atoms with Gasteiger partial charge in [0.15, 0.2) is 0 Å². The number of amides is 2. The summed E-state index contributed by atoms with van der Waals surface area (Å²) in [5, 5.41) is 5.82. The SMILES string of the molecule is O=C(NCC1CN2CCCC2CO1)NC1CC1. The number of nitrogens with one attached hydrogen (secondary N) is 2. The van der Waals surface area contributed by atoms with Crippen LogP contribution in [0.1, 0.15) is 25.7 Å². The molecular formula is C12H21N3O2. The third kappa shape index (κ3) is 2.90. The van der Waals surface area contributed by atoms with Gasteiger partial charge in [-0.15, -0.1) is 0 Å². The Kier molecular flexibility index (Phi) is 3.20. The minimum Gasteiger partial charge on any atom is -0.373 e. The van der Waals surface area contributed by atoms with E-state index in [1.165, 1.54) is 19.4 Å². The summed E-state index contributed by atoms with van der Waals surface area (Å²) < 4.78 is 5.78. The summed E-state index contributed by atoms with van der Waals surface area (Å²) in [6.45, 7) is 3.62. The summed E-state index contributed by atoms with van der Waals surface area (Å²) in [6, 6.07) is 1.01. The molecule has 2 N–H and O–H groups in total. The van der Waals surface area contributed by atoms with E-state index in [1.54, 1.807) is 0 Å². The monoisotopic (exact) mass is 239 g/mol. The van der Waals surface area contributed by atoms with Crippen LogP contribution in [0.5, 0.6) is 0 Å². The van der Waals surface area contributed by atoms with Gasteiger partial charge in [-0.2, -0.15) is 0 Å². The minimum absolute atomic E-state index is 0.0420. The Bertz CT molecular complexity index is 293. The van der Waals surface area contributed by atoms with Crippen LogP contribution >= 0.6 is 0 Å². The molecule has 3 fully saturated rings. The van der Waals surface area contributed by atoms with Gasteiger partial charge in [-0.05, 0) is 32.2 Å². The normalized spacial score (nSPS) is 33.2. The zero-order valence-electron chi connectivity index (χ0n) is 10.2. The Balaban J connectivity index is 1.38. The number of nitrogens with zero attached hydrogens (tertiary/aromatic N) is 1. The first-order valence-corrected chi connectivity index (χ1v) is 6.71. The molecule has 3 rings (SSSR count). The smallest absolute Gasteiger partial charge is 0.315 e. The Morgan fingerprint density at radius 1 is 1.35 bits per heavy atom. The lowest BCUT2D eigenvalue weighted by atomic mass is 10.2. The molecule has 1 aliphatic carbocycles. The van der Waals surface area contributed by atoms with Crippen LogP contribution in [-0.4, -0.2) is 55.4 Å². The molecule has 3 aliphatic rings. The second-order valence-corrected chi connectivity index (χ2v) is 5.37. The lowest BCUT2D eigenvalue weighted by molar-refractivity contribution is -0.0457. The second kappa shape index (κ2) is 4.82. The van der Waals surface area contributed by atoms with Crippen molar-refractivity contribution in [2.24, 2.45) is 0 Å². The van der Waals surface area contributed by atoms with E-state index in [-0.39, 0.29) is 12.1 Å². The van der Waals surface area contributed by atoms with Crippen LogP contribution in [-0.2, 0) is 4.74 Å². The highest BCUT2D eigenvalue weighted by atomic mass is 16.5. The largest absolute Gasteiger partial charge is 0.373 e. The standard InChI is InChI=1S/C12H21N3O2/c16-12(14-9-3-4-9)13-6-11-7-15-5-1-2-10(15)8-17-11/h9-11H,1-8H2,(H2,13,14,16). The molecule has 0 radical (unpaired) electrons. The highest BCUT2D eigenvalue weighted by Gasteiger charge is 2.32. The first-order chi connectivity index (χ1) is 8.31. The van der Waals surface area contributed by atoms with Crippen LogP contribution in [0.2, 0.25) is 0 Å². The number of carbonyl (C=O) groups excluding carboxylic acids is 1. The molecule has 0 aromatic rings. The molecule has 2 aliphatic heterocycles. The maximum absolute atomic E-state index is 11.5. The van der Waals surface area contributed by atoms with Gasteiger partial charge in [-0.1, -0.05) is 0 Å². The highest BCUT2D eigenvalue weighted by Crippen LogP contribution is 2.22. The highest BCUT2D eigenvalue weighted by molar-refractivity contribution is 5.74. The number of carbonyl (C=O) groups is 1. The number of urea groups is 1. The number of fused-ring (bicyclic) bond motifs is 1. The van der Waals surface area contributed by atoms with Gasteiger partial charge in [0.1, 0.15) is 0 Å². The molecule has 17 heavy (non-hydrogen) atoms. The second-order valence-electron chi connectivity index (χ2n) is 5.37. The van der Waals surface area contributed by atoms with E-state index in [2.05, 4.69) is 15.5 Å². The van der Waals surface area contributed by atoms with E-state index in [9.17, 15) is 4.79 Å². The van der Waals surface area contributed by atoms with Gasteiger partial charge in [-0.25, -0.2) is 4.79 Å². The lowest BCUT2D eigenvalue weighted by Crippen LogP contribution is -2.51. The zero-order chi connectivity index (χ0) is 11.7. The molecule has 2 heterocycles. The van der Waals surface area contributed by atoms with Gasteiger partial charge in [0.05, 0.1) is 12.7 Å². The van der Waals surface area contributed by atoms with Crippen molar-refractivity contribution in [2.75, 3.05) is 26.2 Å². The van der Waals surface area contributed by atoms with E-state index >= 15 is 0 Å². The Labute approximate surface area is 102 Å². The van der Waals surface area contributed by atoms with Gasteiger partial charge in [0.2, 0.25) is 0 Å². The van der Waals surface area contributed by atoms with Gasteiger partial charge in [0.25, 0.3) is 0 Å². The van der Waals surface area contributed by atoms with Crippen LogP contribution in [0.25, 0.3) is 0 Å². The maximum Gasteiger partial charge on any atom is 0.315 e. The van der Waals surface area contributed by atoms with Crippen LogP contribution in [0.4, 0.5) is 4.79 Å². The van der Waals surface area contributed by atoms with Crippen molar-refractivity contribution in [1.29, 1.82) is 0 Å².